The molecule has 3 heteroatoms. The molecule has 1 aromatic carbocycles. The Labute approximate surface area is 85.3 Å². The third-order valence-corrected chi connectivity index (χ3v) is 2.19. The van der Waals surface area contributed by atoms with Crippen molar-refractivity contribution in [1.29, 1.82) is 0 Å². The van der Waals surface area contributed by atoms with Gasteiger partial charge in [0, 0.05) is 13.7 Å². The number of nitrogens with two attached hydrogens (primary N) is 1. The van der Waals surface area contributed by atoms with Gasteiger partial charge < -0.3 is 15.8 Å². The molecule has 3 nitrogen and oxygen atoms in total. The highest BCUT2D eigenvalue weighted by Crippen LogP contribution is 2.19. The molecule has 0 saturated carbocycles. The molecule has 0 heterocycles. The zero-order chi connectivity index (χ0) is 10.6. The van der Waals surface area contributed by atoms with Crippen LogP contribution in [0.1, 0.15) is 12.5 Å². The lowest BCUT2D eigenvalue weighted by Crippen LogP contribution is -2.18. The third-order valence-electron chi connectivity index (χ3n) is 2.19. The van der Waals surface area contributed by atoms with Gasteiger partial charge in [0.2, 0.25) is 0 Å². The molecular formula is C11H18N2O. The Hall–Kier alpha value is -1.22. The number of benzene rings is 1. The van der Waals surface area contributed by atoms with Gasteiger partial charge in [-0.1, -0.05) is 6.07 Å². The molecule has 3 N–H and O–H groups in total. The molecular weight excluding hydrogens is 176 g/mol. The fraction of sp³-hybridized carbons (Fsp3) is 0.455. The number of ether oxygens (including phenoxy) is 1. The first-order chi connectivity index (χ1) is 6.63. The normalized spacial score (nSPS) is 12.5. The van der Waals surface area contributed by atoms with Crippen molar-refractivity contribution in [2.24, 2.45) is 0 Å². The summed E-state index contributed by atoms with van der Waals surface area (Å²) in [6.07, 6.45) is 0.190. The van der Waals surface area contributed by atoms with Crippen molar-refractivity contribution < 1.29 is 4.74 Å². The van der Waals surface area contributed by atoms with E-state index in [1.165, 1.54) is 5.56 Å². The minimum absolute atomic E-state index is 0.190. The van der Waals surface area contributed by atoms with Gasteiger partial charge in [0.1, 0.15) is 0 Å². The van der Waals surface area contributed by atoms with Gasteiger partial charge in [0.05, 0.1) is 17.5 Å². The Balaban J connectivity index is 2.59. The summed E-state index contributed by atoms with van der Waals surface area (Å²) in [4.78, 5) is 0. The van der Waals surface area contributed by atoms with Crippen LogP contribution in [-0.4, -0.2) is 19.8 Å². The molecule has 0 aromatic heterocycles. The maximum absolute atomic E-state index is 5.85. The largest absolute Gasteiger partial charge is 0.397 e. The highest BCUT2D eigenvalue weighted by molar-refractivity contribution is 5.66. The zero-order valence-corrected chi connectivity index (χ0v) is 9.00. The minimum atomic E-state index is 0.190. The van der Waals surface area contributed by atoms with Crippen LogP contribution in [-0.2, 0) is 4.74 Å². The first kappa shape index (κ1) is 10.9. The van der Waals surface area contributed by atoms with Crippen LogP contribution < -0.4 is 11.1 Å². The van der Waals surface area contributed by atoms with E-state index in [-0.39, 0.29) is 6.10 Å². The molecule has 0 fully saturated rings. The van der Waals surface area contributed by atoms with Crippen molar-refractivity contribution in [3.63, 3.8) is 0 Å². The van der Waals surface area contributed by atoms with Crippen LogP contribution in [0, 0.1) is 6.92 Å². The summed E-state index contributed by atoms with van der Waals surface area (Å²) < 4.78 is 5.13. The van der Waals surface area contributed by atoms with E-state index >= 15 is 0 Å². The second kappa shape index (κ2) is 4.86. The van der Waals surface area contributed by atoms with Gasteiger partial charge in [0.25, 0.3) is 0 Å². The molecule has 0 aliphatic rings. The Morgan fingerprint density at radius 1 is 1.50 bits per heavy atom. The summed E-state index contributed by atoms with van der Waals surface area (Å²) in [5, 5.41) is 3.24. The van der Waals surface area contributed by atoms with E-state index < -0.39 is 0 Å². The van der Waals surface area contributed by atoms with Crippen LogP contribution in [0.3, 0.4) is 0 Å². The highest BCUT2D eigenvalue weighted by atomic mass is 16.5. The summed E-state index contributed by atoms with van der Waals surface area (Å²) in [5.41, 5.74) is 8.78. The van der Waals surface area contributed by atoms with Gasteiger partial charge in [-0.3, -0.25) is 0 Å². The minimum Gasteiger partial charge on any atom is -0.397 e. The number of hydrogen-bond donors (Lipinski definition) is 2. The van der Waals surface area contributed by atoms with Crippen LogP contribution >= 0.6 is 0 Å². The molecule has 78 valence electrons. The number of aryl methyl sites for hydroxylation is 1. The molecule has 0 radical (unpaired) electrons. The van der Waals surface area contributed by atoms with Gasteiger partial charge in [-0.05, 0) is 31.5 Å². The summed E-state index contributed by atoms with van der Waals surface area (Å²) in [5.74, 6) is 0. The van der Waals surface area contributed by atoms with Crippen LogP contribution in [0.15, 0.2) is 18.2 Å². The Bertz CT molecular complexity index is 299. The SMILES string of the molecule is COC(C)CNc1ccc(C)cc1N. The Kier molecular flexibility index (Phi) is 3.77. The zero-order valence-electron chi connectivity index (χ0n) is 9.00. The van der Waals surface area contributed by atoms with E-state index in [0.717, 1.165) is 17.9 Å². The lowest BCUT2D eigenvalue weighted by atomic mass is 10.2. The number of nitrogens with one attached hydrogen (secondary N) is 1. The lowest BCUT2D eigenvalue weighted by Gasteiger charge is -2.13. The molecule has 14 heavy (non-hydrogen) atoms. The highest BCUT2D eigenvalue weighted by Gasteiger charge is 2.01. The second-order valence-corrected chi connectivity index (χ2v) is 3.52. The van der Waals surface area contributed by atoms with Crippen LogP contribution in [0.2, 0.25) is 0 Å². The fourth-order valence-corrected chi connectivity index (χ4v) is 1.18. The molecule has 0 amide bonds. The van der Waals surface area contributed by atoms with Crippen LogP contribution in [0.4, 0.5) is 11.4 Å². The third kappa shape index (κ3) is 2.92. The van der Waals surface area contributed by atoms with Crippen molar-refractivity contribution in [2.45, 2.75) is 20.0 Å². The quantitative estimate of drug-likeness (QED) is 0.721. The predicted octanol–water partition coefficient (Wildman–Crippen LogP) is 2.02. The standard InChI is InChI=1S/C11H18N2O/c1-8-4-5-11(10(12)6-8)13-7-9(2)14-3/h4-6,9,13H,7,12H2,1-3H3. The van der Waals surface area contributed by atoms with Gasteiger partial charge >= 0.3 is 0 Å². The average Bonchev–Trinajstić information content (AvgIpc) is 2.16. The number of anilines is 2. The van der Waals surface area contributed by atoms with Gasteiger partial charge in [0.15, 0.2) is 0 Å². The van der Waals surface area contributed by atoms with E-state index in [1.54, 1.807) is 7.11 Å². The van der Waals surface area contributed by atoms with E-state index in [9.17, 15) is 0 Å². The molecule has 0 bridgehead atoms. The summed E-state index contributed by atoms with van der Waals surface area (Å²) >= 11 is 0. The second-order valence-electron chi connectivity index (χ2n) is 3.52. The number of nitrogen functional groups attached to an aromatic ring is 1. The first-order valence-corrected chi connectivity index (χ1v) is 4.76. The van der Waals surface area contributed by atoms with E-state index in [1.807, 2.05) is 32.0 Å². The van der Waals surface area contributed by atoms with E-state index in [2.05, 4.69) is 5.32 Å². The first-order valence-electron chi connectivity index (χ1n) is 4.76. The Morgan fingerprint density at radius 2 is 2.21 bits per heavy atom. The average molecular weight is 194 g/mol. The fourth-order valence-electron chi connectivity index (χ4n) is 1.18. The van der Waals surface area contributed by atoms with Crippen molar-refractivity contribution in [1.82, 2.24) is 0 Å². The molecule has 0 spiro atoms. The molecule has 1 aromatic rings. The molecule has 1 rings (SSSR count). The summed E-state index contributed by atoms with van der Waals surface area (Å²) in [7, 11) is 1.70. The van der Waals surface area contributed by atoms with Crippen molar-refractivity contribution in [2.75, 3.05) is 24.7 Å². The van der Waals surface area contributed by atoms with Crippen molar-refractivity contribution >= 4 is 11.4 Å². The van der Waals surface area contributed by atoms with Crippen molar-refractivity contribution in [3.8, 4) is 0 Å². The van der Waals surface area contributed by atoms with Gasteiger partial charge in [-0.25, -0.2) is 0 Å². The Morgan fingerprint density at radius 3 is 2.79 bits per heavy atom. The summed E-state index contributed by atoms with van der Waals surface area (Å²) in [6.45, 7) is 4.80. The van der Waals surface area contributed by atoms with Crippen molar-refractivity contribution in [3.05, 3.63) is 23.8 Å². The number of methoxy groups -OCH3 is 1. The molecule has 1 atom stereocenters. The summed E-state index contributed by atoms with van der Waals surface area (Å²) in [6, 6.07) is 5.99. The van der Waals surface area contributed by atoms with Gasteiger partial charge in [-0.15, -0.1) is 0 Å². The maximum Gasteiger partial charge on any atom is 0.0715 e. The van der Waals surface area contributed by atoms with Crippen LogP contribution in [0.5, 0.6) is 0 Å². The molecule has 1 unspecified atom stereocenters. The molecule has 0 aliphatic carbocycles. The smallest absolute Gasteiger partial charge is 0.0715 e. The van der Waals surface area contributed by atoms with E-state index in [4.69, 9.17) is 10.5 Å². The van der Waals surface area contributed by atoms with Crippen LogP contribution in [0.25, 0.3) is 0 Å². The number of rotatable bonds is 4. The van der Waals surface area contributed by atoms with E-state index in [0.29, 0.717) is 0 Å². The topological polar surface area (TPSA) is 47.3 Å². The lowest BCUT2D eigenvalue weighted by molar-refractivity contribution is 0.129. The van der Waals surface area contributed by atoms with Gasteiger partial charge in [-0.2, -0.15) is 0 Å². The number of hydrogen-bond acceptors (Lipinski definition) is 3. The maximum atomic E-state index is 5.85. The predicted molar refractivity (Wildman–Crippen MR) is 60.6 cm³/mol. The monoisotopic (exact) mass is 194 g/mol. The molecule has 0 saturated heterocycles. The molecule has 0 aliphatic heterocycles.